The van der Waals surface area contributed by atoms with E-state index in [2.05, 4.69) is 21.1 Å². The standard InChI is InChI=1S/C13H21N3O2/c1-10-15-11(9-16(10)2)12-13(18-8-5-14-12)3-6-17-7-4-13/h9,12,14H,3-8H2,1-2H3. The number of rotatable bonds is 1. The highest BCUT2D eigenvalue weighted by Gasteiger charge is 2.45. The van der Waals surface area contributed by atoms with E-state index in [1.807, 2.05) is 14.0 Å². The Labute approximate surface area is 107 Å². The van der Waals surface area contributed by atoms with Crippen molar-refractivity contribution in [1.82, 2.24) is 14.9 Å². The van der Waals surface area contributed by atoms with Crippen LogP contribution in [0.4, 0.5) is 0 Å². The van der Waals surface area contributed by atoms with Crippen LogP contribution in [0.25, 0.3) is 0 Å². The fourth-order valence-electron chi connectivity index (χ4n) is 2.98. The highest BCUT2D eigenvalue weighted by atomic mass is 16.5. The van der Waals surface area contributed by atoms with E-state index in [0.717, 1.165) is 50.7 Å². The summed E-state index contributed by atoms with van der Waals surface area (Å²) in [5.41, 5.74) is 0.966. The Hall–Kier alpha value is -0.910. The molecule has 5 nitrogen and oxygen atoms in total. The molecule has 1 aromatic heterocycles. The van der Waals surface area contributed by atoms with Gasteiger partial charge in [0, 0.05) is 45.8 Å². The van der Waals surface area contributed by atoms with Gasteiger partial charge >= 0.3 is 0 Å². The minimum absolute atomic E-state index is 0.128. The molecular weight excluding hydrogens is 230 g/mol. The molecule has 2 aliphatic rings. The van der Waals surface area contributed by atoms with Crippen LogP contribution in [0, 0.1) is 6.92 Å². The number of nitrogens with one attached hydrogen (secondary N) is 1. The van der Waals surface area contributed by atoms with E-state index in [9.17, 15) is 0 Å². The van der Waals surface area contributed by atoms with E-state index in [0.29, 0.717) is 0 Å². The summed E-state index contributed by atoms with van der Waals surface area (Å²) in [6, 6.07) is 0.190. The van der Waals surface area contributed by atoms with Crippen molar-refractivity contribution in [2.45, 2.75) is 31.4 Å². The van der Waals surface area contributed by atoms with Gasteiger partial charge < -0.3 is 19.4 Å². The second kappa shape index (κ2) is 4.64. The number of hydrogen-bond donors (Lipinski definition) is 1. The van der Waals surface area contributed by atoms with Crippen LogP contribution in [0.1, 0.15) is 30.4 Å². The van der Waals surface area contributed by atoms with Crippen molar-refractivity contribution in [3.63, 3.8) is 0 Å². The zero-order valence-corrected chi connectivity index (χ0v) is 11.1. The molecular formula is C13H21N3O2. The van der Waals surface area contributed by atoms with E-state index in [-0.39, 0.29) is 11.6 Å². The van der Waals surface area contributed by atoms with Gasteiger partial charge in [0.2, 0.25) is 0 Å². The molecule has 2 fully saturated rings. The van der Waals surface area contributed by atoms with Gasteiger partial charge in [0.25, 0.3) is 0 Å². The van der Waals surface area contributed by atoms with Gasteiger partial charge in [-0.3, -0.25) is 0 Å². The summed E-state index contributed by atoms with van der Waals surface area (Å²) >= 11 is 0. The molecule has 100 valence electrons. The van der Waals surface area contributed by atoms with Gasteiger partial charge in [-0.15, -0.1) is 0 Å². The van der Waals surface area contributed by atoms with E-state index < -0.39 is 0 Å². The minimum Gasteiger partial charge on any atom is -0.381 e. The van der Waals surface area contributed by atoms with Crippen molar-refractivity contribution < 1.29 is 9.47 Å². The smallest absolute Gasteiger partial charge is 0.105 e. The molecule has 3 rings (SSSR count). The maximum absolute atomic E-state index is 6.13. The third kappa shape index (κ3) is 1.96. The molecule has 5 heteroatoms. The Kier molecular flexibility index (Phi) is 3.13. The van der Waals surface area contributed by atoms with Crippen LogP contribution in [0.3, 0.4) is 0 Å². The molecule has 1 unspecified atom stereocenters. The predicted octanol–water partition coefficient (Wildman–Crippen LogP) is 0.939. The summed E-state index contributed by atoms with van der Waals surface area (Å²) < 4.78 is 13.7. The van der Waals surface area contributed by atoms with Crippen LogP contribution in [0.2, 0.25) is 0 Å². The summed E-state index contributed by atoms with van der Waals surface area (Å²) in [5.74, 6) is 1.04. The van der Waals surface area contributed by atoms with Crippen molar-refractivity contribution in [2.24, 2.45) is 7.05 Å². The molecule has 1 spiro atoms. The van der Waals surface area contributed by atoms with Crippen molar-refractivity contribution in [2.75, 3.05) is 26.4 Å². The third-order valence-electron chi connectivity index (χ3n) is 4.13. The third-order valence-corrected chi connectivity index (χ3v) is 4.13. The van der Waals surface area contributed by atoms with Gasteiger partial charge in [-0.05, 0) is 6.92 Å². The topological polar surface area (TPSA) is 48.3 Å². The number of hydrogen-bond acceptors (Lipinski definition) is 4. The van der Waals surface area contributed by atoms with Crippen molar-refractivity contribution in [3.8, 4) is 0 Å². The first-order valence-electron chi connectivity index (χ1n) is 6.66. The van der Waals surface area contributed by atoms with E-state index in [1.54, 1.807) is 0 Å². The molecule has 2 saturated heterocycles. The average Bonchev–Trinajstić information content (AvgIpc) is 2.71. The highest BCUT2D eigenvalue weighted by Crippen LogP contribution is 2.39. The fourth-order valence-corrected chi connectivity index (χ4v) is 2.98. The maximum atomic E-state index is 6.13. The van der Waals surface area contributed by atoms with Gasteiger partial charge in [0.05, 0.1) is 23.9 Å². The lowest BCUT2D eigenvalue weighted by Gasteiger charge is -2.46. The van der Waals surface area contributed by atoms with Crippen molar-refractivity contribution in [1.29, 1.82) is 0 Å². The van der Waals surface area contributed by atoms with Crippen LogP contribution in [0.15, 0.2) is 6.20 Å². The lowest BCUT2D eigenvalue weighted by molar-refractivity contribution is -0.150. The maximum Gasteiger partial charge on any atom is 0.105 e. The molecule has 1 atom stereocenters. The van der Waals surface area contributed by atoms with Crippen LogP contribution >= 0.6 is 0 Å². The number of ether oxygens (including phenoxy) is 2. The van der Waals surface area contributed by atoms with Crippen LogP contribution in [-0.4, -0.2) is 41.5 Å². The summed E-state index contributed by atoms with van der Waals surface area (Å²) in [6.07, 6.45) is 4.00. The lowest BCUT2D eigenvalue weighted by Crippen LogP contribution is -2.55. The van der Waals surface area contributed by atoms with Crippen LogP contribution in [-0.2, 0) is 16.5 Å². The number of nitrogens with zero attached hydrogens (tertiary/aromatic N) is 2. The average molecular weight is 251 g/mol. The first kappa shape index (κ1) is 12.1. The molecule has 0 saturated carbocycles. The quantitative estimate of drug-likeness (QED) is 0.807. The molecule has 1 aromatic rings. The second-order valence-electron chi connectivity index (χ2n) is 5.24. The van der Waals surface area contributed by atoms with Gasteiger partial charge in [-0.1, -0.05) is 0 Å². The molecule has 2 aliphatic heterocycles. The van der Waals surface area contributed by atoms with Gasteiger partial charge in [0.15, 0.2) is 0 Å². The molecule has 3 heterocycles. The van der Waals surface area contributed by atoms with Gasteiger partial charge in [-0.25, -0.2) is 4.98 Å². The minimum atomic E-state index is -0.128. The van der Waals surface area contributed by atoms with Crippen LogP contribution in [0.5, 0.6) is 0 Å². The Morgan fingerprint density at radius 2 is 2.17 bits per heavy atom. The number of imidazole rings is 1. The number of aryl methyl sites for hydroxylation is 2. The monoisotopic (exact) mass is 251 g/mol. The summed E-state index contributed by atoms with van der Waals surface area (Å²) in [5, 5.41) is 3.58. The molecule has 0 radical (unpaired) electrons. The number of aromatic nitrogens is 2. The molecule has 18 heavy (non-hydrogen) atoms. The molecule has 1 N–H and O–H groups in total. The summed E-state index contributed by atoms with van der Waals surface area (Å²) in [6.45, 7) is 5.27. The van der Waals surface area contributed by atoms with E-state index in [4.69, 9.17) is 9.47 Å². The van der Waals surface area contributed by atoms with E-state index in [1.165, 1.54) is 0 Å². The van der Waals surface area contributed by atoms with Gasteiger partial charge in [-0.2, -0.15) is 0 Å². The highest BCUT2D eigenvalue weighted by molar-refractivity contribution is 5.15. The Morgan fingerprint density at radius 3 is 2.83 bits per heavy atom. The van der Waals surface area contributed by atoms with Crippen molar-refractivity contribution >= 4 is 0 Å². The second-order valence-corrected chi connectivity index (χ2v) is 5.24. The Bertz CT molecular complexity index is 396. The fraction of sp³-hybridized carbons (Fsp3) is 0.769. The summed E-state index contributed by atoms with van der Waals surface area (Å²) in [7, 11) is 2.03. The van der Waals surface area contributed by atoms with E-state index >= 15 is 0 Å². The molecule has 0 aliphatic carbocycles. The molecule has 0 aromatic carbocycles. The molecule has 0 bridgehead atoms. The first-order valence-corrected chi connectivity index (χ1v) is 6.66. The SMILES string of the molecule is Cc1nc(C2NCCOC23CCOCC3)cn1C. The summed E-state index contributed by atoms with van der Waals surface area (Å²) in [4.78, 5) is 4.66. The Balaban J connectivity index is 1.91. The zero-order chi connectivity index (χ0) is 12.6. The predicted molar refractivity (Wildman–Crippen MR) is 67.4 cm³/mol. The lowest BCUT2D eigenvalue weighted by atomic mass is 9.83. The zero-order valence-electron chi connectivity index (χ0n) is 11.1. The normalized spacial score (nSPS) is 27.6. The molecule has 0 amide bonds. The van der Waals surface area contributed by atoms with Gasteiger partial charge in [0.1, 0.15) is 5.82 Å². The Morgan fingerprint density at radius 1 is 1.39 bits per heavy atom. The largest absolute Gasteiger partial charge is 0.381 e. The van der Waals surface area contributed by atoms with Crippen LogP contribution < -0.4 is 5.32 Å². The number of morpholine rings is 1. The van der Waals surface area contributed by atoms with Crippen molar-refractivity contribution in [3.05, 3.63) is 17.7 Å². The first-order chi connectivity index (χ1) is 8.71.